The average molecular weight is 300 g/mol. The molecule has 5 heteroatoms. The monoisotopic (exact) mass is 300 g/mol. The van der Waals surface area contributed by atoms with Crippen molar-refractivity contribution < 1.29 is 4.39 Å². The molecule has 2 heterocycles. The van der Waals surface area contributed by atoms with Gasteiger partial charge < -0.3 is 4.90 Å². The number of anilines is 1. The van der Waals surface area contributed by atoms with E-state index in [2.05, 4.69) is 26.8 Å². The summed E-state index contributed by atoms with van der Waals surface area (Å²) in [5.41, 5.74) is 2.01. The molecular weight excluding hydrogens is 279 g/mol. The maximum absolute atomic E-state index is 13.3. The number of aryl methyl sites for hydroxylation is 1. The van der Waals surface area contributed by atoms with Gasteiger partial charge in [-0.2, -0.15) is 0 Å². The van der Waals surface area contributed by atoms with Crippen molar-refractivity contribution in [2.24, 2.45) is 0 Å². The highest BCUT2D eigenvalue weighted by molar-refractivity contribution is 5.39. The fourth-order valence-corrected chi connectivity index (χ4v) is 2.99. The van der Waals surface area contributed by atoms with Gasteiger partial charge in [-0.1, -0.05) is 12.1 Å². The molecule has 1 fully saturated rings. The van der Waals surface area contributed by atoms with E-state index in [-0.39, 0.29) is 5.82 Å². The van der Waals surface area contributed by atoms with Gasteiger partial charge in [0.25, 0.3) is 0 Å². The summed E-state index contributed by atoms with van der Waals surface area (Å²) in [6, 6.07) is 9.30. The van der Waals surface area contributed by atoms with E-state index in [4.69, 9.17) is 0 Å². The molecule has 0 saturated carbocycles. The highest BCUT2D eigenvalue weighted by atomic mass is 19.1. The third kappa shape index (κ3) is 3.42. The van der Waals surface area contributed by atoms with Crippen molar-refractivity contribution in [1.29, 1.82) is 0 Å². The smallest absolute Gasteiger partial charge is 0.132 e. The van der Waals surface area contributed by atoms with Crippen molar-refractivity contribution >= 4 is 5.82 Å². The molecule has 3 rings (SSSR count). The molecule has 0 radical (unpaired) electrons. The van der Waals surface area contributed by atoms with Crippen molar-refractivity contribution in [3.8, 4) is 0 Å². The topological polar surface area (TPSA) is 32.3 Å². The van der Waals surface area contributed by atoms with E-state index in [0.717, 1.165) is 43.1 Å². The van der Waals surface area contributed by atoms with Gasteiger partial charge in [0.05, 0.1) is 0 Å². The van der Waals surface area contributed by atoms with E-state index >= 15 is 0 Å². The first-order valence-electron chi connectivity index (χ1n) is 7.60. The highest BCUT2D eigenvalue weighted by Crippen LogP contribution is 2.21. The van der Waals surface area contributed by atoms with Crippen molar-refractivity contribution in [3.63, 3.8) is 0 Å². The van der Waals surface area contributed by atoms with Gasteiger partial charge >= 0.3 is 0 Å². The maximum atomic E-state index is 13.3. The van der Waals surface area contributed by atoms with E-state index in [1.165, 1.54) is 6.07 Å². The molecule has 1 unspecified atom stereocenters. The fourth-order valence-electron chi connectivity index (χ4n) is 2.99. The zero-order chi connectivity index (χ0) is 15.5. The molecule has 0 bridgehead atoms. The lowest BCUT2D eigenvalue weighted by atomic mass is 10.2. The van der Waals surface area contributed by atoms with Gasteiger partial charge in [0.2, 0.25) is 0 Å². The summed E-state index contributed by atoms with van der Waals surface area (Å²) in [5.74, 6) is 0.798. The molecule has 1 aromatic carbocycles. The second-order valence-electron chi connectivity index (χ2n) is 5.94. The zero-order valence-electron chi connectivity index (χ0n) is 13.0. The molecule has 116 valence electrons. The van der Waals surface area contributed by atoms with Crippen LogP contribution in [0.25, 0.3) is 0 Å². The third-order valence-electron chi connectivity index (χ3n) is 4.24. The Labute approximate surface area is 130 Å². The largest absolute Gasteiger partial charge is 0.355 e. The van der Waals surface area contributed by atoms with Gasteiger partial charge in [-0.15, -0.1) is 0 Å². The maximum Gasteiger partial charge on any atom is 0.132 e. The standard InChI is InChI=1S/C17H21FN4/c1-13-8-17(20-12-19-13)21(2)16-6-7-22(11-16)10-14-4-3-5-15(18)9-14/h3-5,8-9,12,16H,6-7,10-11H2,1-2H3. The van der Waals surface area contributed by atoms with E-state index < -0.39 is 0 Å². The first-order chi connectivity index (χ1) is 10.6. The van der Waals surface area contributed by atoms with Crippen LogP contribution in [0.4, 0.5) is 10.2 Å². The Morgan fingerprint density at radius 1 is 1.32 bits per heavy atom. The van der Waals surface area contributed by atoms with Crippen molar-refractivity contribution in [1.82, 2.24) is 14.9 Å². The predicted molar refractivity (Wildman–Crippen MR) is 85.3 cm³/mol. The molecule has 4 nitrogen and oxygen atoms in total. The number of halogens is 1. The first-order valence-corrected chi connectivity index (χ1v) is 7.60. The van der Waals surface area contributed by atoms with Crippen LogP contribution in [-0.2, 0) is 6.54 Å². The van der Waals surface area contributed by atoms with Crippen molar-refractivity contribution in [3.05, 3.63) is 53.7 Å². The number of rotatable bonds is 4. The van der Waals surface area contributed by atoms with Crippen LogP contribution >= 0.6 is 0 Å². The number of nitrogens with zero attached hydrogens (tertiary/aromatic N) is 4. The molecule has 22 heavy (non-hydrogen) atoms. The van der Waals surface area contributed by atoms with Crippen molar-refractivity contribution in [2.45, 2.75) is 25.9 Å². The van der Waals surface area contributed by atoms with Crippen LogP contribution < -0.4 is 4.90 Å². The number of benzene rings is 1. The molecule has 1 aliphatic rings. The molecule has 0 N–H and O–H groups in total. The molecule has 0 aliphatic carbocycles. The summed E-state index contributed by atoms with van der Waals surface area (Å²) in [4.78, 5) is 13.1. The van der Waals surface area contributed by atoms with Crippen LogP contribution in [0.1, 0.15) is 17.7 Å². The van der Waals surface area contributed by atoms with Gasteiger partial charge in [0.15, 0.2) is 0 Å². The van der Waals surface area contributed by atoms with Crippen LogP contribution in [0.3, 0.4) is 0 Å². The third-order valence-corrected chi connectivity index (χ3v) is 4.24. The number of aromatic nitrogens is 2. The Morgan fingerprint density at radius 2 is 2.18 bits per heavy atom. The molecule has 1 atom stereocenters. The molecule has 0 amide bonds. The van der Waals surface area contributed by atoms with Gasteiger partial charge in [0, 0.05) is 44.5 Å². The van der Waals surface area contributed by atoms with Crippen LogP contribution in [0.2, 0.25) is 0 Å². The van der Waals surface area contributed by atoms with E-state index in [0.29, 0.717) is 6.04 Å². The number of hydrogen-bond donors (Lipinski definition) is 0. The van der Waals surface area contributed by atoms with Gasteiger partial charge in [-0.25, -0.2) is 14.4 Å². The van der Waals surface area contributed by atoms with Gasteiger partial charge in [0.1, 0.15) is 18.0 Å². The van der Waals surface area contributed by atoms with Crippen LogP contribution in [0.15, 0.2) is 36.7 Å². The second-order valence-corrected chi connectivity index (χ2v) is 5.94. The second kappa shape index (κ2) is 6.40. The molecule has 1 aromatic heterocycles. The predicted octanol–water partition coefficient (Wildman–Crippen LogP) is 2.63. The molecular formula is C17H21FN4. The van der Waals surface area contributed by atoms with Gasteiger partial charge in [-0.05, 0) is 31.0 Å². The van der Waals surface area contributed by atoms with E-state index in [1.54, 1.807) is 18.5 Å². The summed E-state index contributed by atoms with van der Waals surface area (Å²) in [5, 5.41) is 0. The number of likely N-dealkylation sites (N-methyl/N-ethyl adjacent to an activating group) is 1. The summed E-state index contributed by atoms with van der Waals surface area (Å²) in [7, 11) is 2.08. The fraction of sp³-hybridized carbons (Fsp3) is 0.412. The molecule has 1 aliphatic heterocycles. The minimum atomic E-state index is -0.165. The van der Waals surface area contributed by atoms with E-state index in [1.807, 2.05) is 19.1 Å². The SMILES string of the molecule is Cc1cc(N(C)C2CCN(Cc3cccc(F)c3)C2)ncn1. The minimum Gasteiger partial charge on any atom is -0.355 e. The average Bonchev–Trinajstić information content (AvgIpc) is 2.95. The zero-order valence-corrected chi connectivity index (χ0v) is 13.0. The number of likely N-dealkylation sites (tertiary alicyclic amines) is 1. The van der Waals surface area contributed by atoms with Crippen LogP contribution in [0, 0.1) is 12.7 Å². The first kappa shape index (κ1) is 14.9. The molecule has 1 saturated heterocycles. The minimum absolute atomic E-state index is 0.165. The Hall–Kier alpha value is -2.01. The summed E-state index contributed by atoms with van der Waals surface area (Å²) in [6.07, 6.45) is 2.70. The Morgan fingerprint density at radius 3 is 2.95 bits per heavy atom. The Balaban J connectivity index is 1.62. The summed E-state index contributed by atoms with van der Waals surface area (Å²) in [6.45, 7) is 4.76. The molecule has 2 aromatic rings. The highest BCUT2D eigenvalue weighted by Gasteiger charge is 2.26. The van der Waals surface area contributed by atoms with Gasteiger partial charge in [-0.3, -0.25) is 4.90 Å². The van der Waals surface area contributed by atoms with Crippen LogP contribution in [-0.4, -0.2) is 41.0 Å². The lowest BCUT2D eigenvalue weighted by molar-refractivity contribution is 0.325. The summed E-state index contributed by atoms with van der Waals surface area (Å²) < 4.78 is 13.3. The normalized spacial score (nSPS) is 18.6. The van der Waals surface area contributed by atoms with Crippen molar-refractivity contribution in [2.75, 3.05) is 25.0 Å². The summed E-state index contributed by atoms with van der Waals surface area (Å²) >= 11 is 0. The Bertz CT molecular complexity index is 646. The van der Waals surface area contributed by atoms with E-state index in [9.17, 15) is 4.39 Å². The lowest BCUT2D eigenvalue weighted by Crippen LogP contribution is -2.35. The Kier molecular flexibility index (Phi) is 4.34. The lowest BCUT2D eigenvalue weighted by Gasteiger charge is -2.26. The van der Waals surface area contributed by atoms with Crippen LogP contribution in [0.5, 0.6) is 0 Å². The number of hydrogen-bond acceptors (Lipinski definition) is 4. The molecule has 0 spiro atoms. The quantitative estimate of drug-likeness (QED) is 0.869.